The summed E-state index contributed by atoms with van der Waals surface area (Å²) in [5.74, 6) is -0.563. The number of benzene rings is 2. The zero-order chi connectivity index (χ0) is 21.9. The van der Waals surface area contributed by atoms with E-state index in [1.165, 1.54) is 11.8 Å². The molecule has 1 aliphatic rings. The van der Waals surface area contributed by atoms with Crippen molar-refractivity contribution in [3.05, 3.63) is 90.7 Å². The van der Waals surface area contributed by atoms with Gasteiger partial charge in [0.15, 0.2) is 16.3 Å². The van der Waals surface area contributed by atoms with E-state index in [2.05, 4.69) is 20.9 Å². The molecule has 0 aliphatic carbocycles. The highest BCUT2D eigenvalue weighted by atomic mass is 79.9. The molecule has 154 valence electrons. The molecular formula is C23H15BrN2O4S. The standard InChI is InChI=1S/C23H15BrN2O4S/c1-11-21(12(2)27)31-23(25-11)26-18(13-6-4-3-5-7-13)17-19(28)15-10-14(24)8-9-16(15)30-20(17)22(26)29/h3-10,18H,1-2H3. The number of fused-ring (bicyclic) bond motifs is 2. The number of aryl methyl sites for hydroxylation is 1. The number of nitrogens with zero attached hydrogens (tertiary/aromatic N) is 2. The smallest absolute Gasteiger partial charge is 0.297 e. The number of hydrogen-bond acceptors (Lipinski definition) is 6. The Labute approximate surface area is 189 Å². The van der Waals surface area contributed by atoms with Crippen LogP contribution in [0, 0.1) is 6.92 Å². The van der Waals surface area contributed by atoms with E-state index in [4.69, 9.17) is 4.42 Å². The molecule has 4 aromatic rings. The molecule has 1 unspecified atom stereocenters. The summed E-state index contributed by atoms with van der Waals surface area (Å²) in [7, 11) is 0. The molecule has 0 saturated heterocycles. The van der Waals surface area contributed by atoms with E-state index >= 15 is 0 Å². The topological polar surface area (TPSA) is 80.5 Å². The Morgan fingerprint density at radius 3 is 2.58 bits per heavy atom. The van der Waals surface area contributed by atoms with E-state index in [9.17, 15) is 14.4 Å². The first-order valence-corrected chi connectivity index (χ1v) is 11.1. The van der Waals surface area contributed by atoms with Gasteiger partial charge in [-0.1, -0.05) is 57.6 Å². The van der Waals surface area contributed by atoms with Crippen LogP contribution in [0.25, 0.3) is 11.0 Å². The molecule has 1 atom stereocenters. The SMILES string of the molecule is CC(=O)c1sc(N2C(=O)c3oc4ccc(Br)cc4c(=O)c3C2c2ccccc2)nc1C. The molecule has 8 heteroatoms. The van der Waals surface area contributed by atoms with Gasteiger partial charge >= 0.3 is 0 Å². The number of thiazole rings is 1. The fourth-order valence-electron chi connectivity index (χ4n) is 3.90. The van der Waals surface area contributed by atoms with Gasteiger partial charge in [-0.25, -0.2) is 4.98 Å². The van der Waals surface area contributed by atoms with Crippen LogP contribution in [0.2, 0.25) is 0 Å². The maximum atomic E-state index is 13.5. The summed E-state index contributed by atoms with van der Waals surface area (Å²) in [6.07, 6.45) is 0. The van der Waals surface area contributed by atoms with Crippen molar-refractivity contribution >= 4 is 55.1 Å². The number of Topliss-reactive ketones (excluding diaryl/α,β-unsaturated/α-hetero) is 1. The monoisotopic (exact) mass is 494 g/mol. The summed E-state index contributed by atoms with van der Waals surface area (Å²) >= 11 is 4.54. The van der Waals surface area contributed by atoms with Crippen LogP contribution >= 0.6 is 27.3 Å². The van der Waals surface area contributed by atoms with E-state index in [-0.39, 0.29) is 22.5 Å². The van der Waals surface area contributed by atoms with Gasteiger partial charge < -0.3 is 4.42 Å². The van der Waals surface area contributed by atoms with Gasteiger partial charge in [0, 0.05) is 11.4 Å². The molecule has 0 saturated carbocycles. The van der Waals surface area contributed by atoms with Gasteiger partial charge in [0.25, 0.3) is 5.91 Å². The lowest BCUT2D eigenvalue weighted by Crippen LogP contribution is -2.29. The zero-order valence-electron chi connectivity index (χ0n) is 16.5. The van der Waals surface area contributed by atoms with Crippen LogP contribution in [0.1, 0.15) is 50.0 Å². The van der Waals surface area contributed by atoms with Crippen molar-refractivity contribution in [1.82, 2.24) is 4.98 Å². The number of rotatable bonds is 3. The van der Waals surface area contributed by atoms with E-state index in [1.54, 1.807) is 25.1 Å². The highest BCUT2D eigenvalue weighted by molar-refractivity contribution is 9.10. The fraction of sp³-hybridized carbons (Fsp3) is 0.130. The van der Waals surface area contributed by atoms with Crippen LogP contribution in [-0.2, 0) is 0 Å². The lowest BCUT2D eigenvalue weighted by atomic mass is 9.99. The second kappa shape index (κ2) is 7.25. The van der Waals surface area contributed by atoms with Gasteiger partial charge in [0.1, 0.15) is 5.58 Å². The quantitative estimate of drug-likeness (QED) is 0.362. The van der Waals surface area contributed by atoms with E-state index in [0.717, 1.165) is 21.4 Å². The van der Waals surface area contributed by atoms with E-state index in [0.29, 0.717) is 26.7 Å². The van der Waals surface area contributed by atoms with Crippen molar-refractivity contribution in [2.24, 2.45) is 0 Å². The summed E-state index contributed by atoms with van der Waals surface area (Å²) in [5.41, 5.74) is 1.67. The lowest BCUT2D eigenvalue weighted by Gasteiger charge is -2.22. The first-order chi connectivity index (χ1) is 14.9. The summed E-state index contributed by atoms with van der Waals surface area (Å²) in [4.78, 5) is 45.4. The van der Waals surface area contributed by atoms with Crippen LogP contribution in [0.15, 0.2) is 62.2 Å². The Hall–Kier alpha value is -3.10. The highest BCUT2D eigenvalue weighted by Gasteiger charge is 2.45. The van der Waals surface area contributed by atoms with E-state index < -0.39 is 11.9 Å². The summed E-state index contributed by atoms with van der Waals surface area (Å²) in [5, 5.41) is 0.751. The molecule has 2 aromatic carbocycles. The third-order valence-corrected chi connectivity index (χ3v) is 7.01. The Bertz CT molecular complexity index is 1440. The maximum absolute atomic E-state index is 13.5. The molecule has 0 bridgehead atoms. The van der Waals surface area contributed by atoms with Gasteiger partial charge in [0.05, 0.1) is 27.6 Å². The van der Waals surface area contributed by atoms with Gasteiger partial charge in [0.2, 0.25) is 5.76 Å². The predicted molar refractivity (Wildman–Crippen MR) is 122 cm³/mol. The molecule has 2 aromatic heterocycles. The summed E-state index contributed by atoms with van der Waals surface area (Å²) in [6, 6.07) is 13.7. The zero-order valence-corrected chi connectivity index (χ0v) is 18.9. The van der Waals surface area contributed by atoms with Crippen molar-refractivity contribution in [1.29, 1.82) is 0 Å². The van der Waals surface area contributed by atoms with Gasteiger partial charge in [-0.15, -0.1) is 0 Å². The normalized spacial score (nSPS) is 15.5. The third kappa shape index (κ3) is 3.05. The van der Waals surface area contributed by atoms with Crippen molar-refractivity contribution in [3.63, 3.8) is 0 Å². The van der Waals surface area contributed by atoms with Crippen LogP contribution in [0.3, 0.4) is 0 Å². The van der Waals surface area contributed by atoms with E-state index in [1.807, 2.05) is 30.3 Å². The number of anilines is 1. The molecule has 1 aliphatic heterocycles. The minimum absolute atomic E-state index is 0.00547. The van der Waals surface area contributed by atoms with Crippen molar-refractivity contribution in [3.8, 4) is 0 Å². The first kappa shape index (κ1) is 19.8. The molecule has 0 N–H and O–H groups in total. The molecule has 6 nitrogen and oxygen atoms in total. The molecule has 5 rings (SSSR count). The number of carbonyl (C=O) groups is 2. The largest absolute Gasteiger partial charge is 0.450 e. The Morgan fingerprint density at radius 2 is 1.90 bits per heavy atom. The van der Waals surface area contributed by atoms with Crippen LogP contribution in [-0.4, -0.2) is 16.7 Å². The van der Waals surface area contributed by atoms with Crippen molar-refractivity contribution in [2.75, 3.05) is 4.90 Å². The average molecular weight is 495 g/mol. The summed E-state index contributed by atoms with van der Waals surface area (Å²) in [6.45, 7) is 3.20. The number of ketones is 1. The minimum atomic E-state index is -0.700. The second-order valence-corrected chi connectivity index (χ2v) is 9.16. The molecule has 31 heavy (non-hydrogen) atoms. The average Bonchev–Trinajstić information content (AvgIpc) is 3.27. The molecular weight excluding hydrogens is 480 g/mol. The number of carbonyl (C=O) groups excluding carboxylic acids is 2. The highest BCUT2D eigenvalue weighted by Crippen LogP contribution is 2.43. The second-order valence-electron chi connectivity index (χ2n) is 7.27. The van der Waals surface area contributed by atoms with Crippen LogP contribution in [0.5, 0.6) is 0 Å². The maximum Gasteiger partial charge on any atom is 0.297 e. The molecule has 0 fully saturated rings. The Morgan fingerprint density at radius 1 is 1.16 bits per heavy atom. The minimum Gasteiger partial charge on any atom is -0.450 e. The Kier molecular flexibility index (Phi) is 4.64. The fourth-order valence-corrected chi connectivity index (χ4v) is 5.25. The first-order valence-electron chi connectivity index (χ1n) is 9.50. The number of aromatic nitrogens is 1. The number of amides is 1. The van der Waals surface area contributed by atoms with Crippen molar-refractivity contribution < 1.29 is 14.0 Å². The number of hydrogen-bond donors (Lipinski definition) is 0. The predicted octanol–water partition coefficient (Wildman–Crippen LogP) is 5.27. The lowest BCUT2D eigenvalue weighted by molar-refractivity contribution is 0.0969. The molecule has 0 spiro atoms. The van der Waals surface area contributed by atoms with Crippen molar-refractivity contribution in [2.45, 2.75) is 19.9 Å². The van der Waals surface area contributed by atoms with Crippen LogP contribution < -0.4 is 10.3 Å². The van der Waals surface area contributed by atoms with Crippen LogP contribution in [0.4, 0.5) is 5.13 Å². The number of halogens is 1. The summed E-state index contributed by atoms with van der Waals surface area (Å²) < 4.78 is 6.68. The Balaban J connectivity index is 1.81. The van der Waals surface area contributed by atoms with Gasteiger partial charge in [-0.05, 0) is 30.7 Å². The molecule has 3 heterocycles. The van der Waals surface area contributed by atoms with Gasteiger partial charge in [-0.2, -0.15) is 0 Å². The molecule has 0 radical (unpaired) electrons. The van der Waals surface area contributed by atoms with Gasteiger partial charge in [-0.3, -0.25) is 19.3 Å². The molecule has 1 amide bonds. The third-order valence-electron chi connectivity index (χ3n) is 5.26.